The van der Waals surface area contributed by atoms with Gasteiger partial charge in [-0.2, -0.15) is 0 Å². The molecular weight excluding hydrogens is 430 g/mol. The van der Waals surface area contributed by atoms with Crippen LogP contribution in [0, 0.1) is 0 Å². The molecule has 2 aromatic rings. The Kier molecular flexibility index (Phi) is 7.03. The lowest BCUT2D eigenvalue weighted by molar-refractivity contribution is -0.144. The van der Waals surface area contributed by atoms with Crippen molar-refractivity contribution in [2.75, 3.05) is 0 Å². The Hall–Kier alpha value is -3.19. The van der Waals surface area contributed by atoms with E-state index in [1.54, 1.807) is 0 Å². The Morgan fingerprint density at radius 3 is 1.62 bits per heavy atom. The Labute approximate surface area is 200 Å². The van der Waals surface area contributed by atoms with Crippen LogP contribution in [-0.2, 0) is 9.59 Å². The van der Waals surface area contributed by atoms with Crippen LogP contribution in [0.5, 0.6) is 0 Å². The minimum Gasteiger partial charge on any atom is -0.480 e. The number of amides is 3. The van der Waals surface area contributed by atoms with Gasteiger partial charge in [0.05, 0.1) is 0 Å². The maximum atomic E-state index is 11.8. The number of imide groups is 1. The van der Waals surface area contributed by atoms with Crippen LogP contribution in [0.3, 0.4) is 0 Å². The number of nitrogens with one attached hydrogen (secondary N) is 2. The van der Waals surface area contributed by atoms with Crippen molar-refractivity contribution in [3.63, 3.8) is 0 Å². The zero-order valence-corrected chi connectivity index (χ0v) is 19.3. The zero-order chi connectivity index (χ0) is 24.2. The monoisotopic (exact) mass is 463 g/mol. The Balaban J connectivity index is 0.000000162. The van der Waals surface area contributed by atoms with Crippen molar-refractivity contribution in [1.82, 2.24) is 10.6 Å². The number of carboxylic acids is 1. The Morgan fingerprint density at radius 2 is 1.24 bits per heavy atom. The number of urea groups is 1. The fourth-order valence-corrected chi connectivity index (χ4v) is 5.45. The Bertz CT molecular complexity index is 1010. The van der Waals surface area contributed by atoms with Crippen molar-refractivity contribution in [3.8, 4) is 0 Å². The van der Waals surface area contributed by atoms with Crippen molar-refractivity contribution in [2.24, 2.45) is 5.73 Å². The summed E-state index contributed by atoms with van der Waals surface area (Å²) in [5, 5.41) is 14.2. The summed E-state index contributed by atoms with van der Waals surface area (Å²) in [5.74, 6) is -0.0441. The maximum Gasteiger partial charge on any atom is 0.323 e. The van der Waals surface area contributed by atoms with Gasteiger partial charge in [-0.05, 0) is 74.3 Å². The molecule has 1 aliphatic heterocycles. The van der Waals surface area contributed by atoms with Crippen LogP contribution in [0.4, 0.5) is 4.79 Å². The summed E-state index contributed by atoms with van der Waals surface area (Å²) in [5.41, 5.74) is 6.84. The van der Waals surface area contributed by atoms with Crippen molar-refractivity contribution in [2.45, 2.75) is 74.3 Å². The number of rotatable bonds is 3. The normalized spacial score (nSPS) is 30.6. The van der Waals surface area contributed by atoms with Crippen molar-refractivity contribution in [1.29, 1.82) is 0 Å². The largest absolute Gasteiger partial charge is 0.480 e. The Morgan fingerprint density at radius 1 is 0.794 bits per heavy atom. The molecule has 0 aromatic heterocycles. The number of benzene rings is 2. The fourth-order valence-electron chi connectivity index (χ4n) is 5.45. The minimum atomic E-state index is -0.995. The third-order valence-corrected chi connectivity index (χ3v) is 7.70. The molecule has 2 saturated carbocycles. The number of carboxylic acid groups (broad SMARTS) is 1. The summed E-state index contributed by atoms with van der Waals surface area (Å²) in [6, 6.07) is 20.3. The predicted molar refractivity (Wildman–Crippen MR) is 129 cm³/mol. The van der Waals surface area contributed by atoms with Gasteiger partial charge in [-0.1, -0.05) is 60.7 Å². The quantitative estimate of drug-likeness (QED) is 0.512. The molecule has 3 aliphatic rings. The standard InChI is InChI=1S/C14H16N2O2.C13H17NO2/c17-12-14(16-13(18)15-12)8-6-11(7-9-14)10-4-2-1-3-5-10;14-13(12(15)16)8-6-11(7-9-13)10-4-2-1-3-5-10/h1-5,11H,6-9H2,(H2,15,16,17,18);1-5,11H,6-9,14H2,(H,15,16). The van der Waals surface area contributed by atoms with E-state index in [1.165, 1.54) is 11.1 Å². The number of hydrogen-bond donors (Lipinski definition) is 4. The van der Waals surface area contributed by atoms with Gasteiger partial charge in [-0.3, -0.25) is 14.9 Å². The molecule has 0 bridgehead atoms. The third kappa shape index (κ3) is 5.14. The highest BCUT2D eigenvalue weighted by Crippen LogP contribution is 2.39. The molecule has 2 aromatic carbocycles. The van der Waals surface area contributed by atoms with E-state index >= 15 is 0 Å². The van der Waals surface area contributed by atoms with E-state index in [0.29, 0.717) is 24.7 Å². The lowest BCUT2D eigenvalue weighted by atomic mass is 9.74. The number of aliphatic carboxylic acids is 1. The van der Waals surface area contributed by atoms with Gasteiger partial charge >= 0.3 is 12.0 Å². The summed E-state index contributed by atoms with van der Waals surface area (Å²) in [6.07, 6.45) is 6.22. The zero-order valence-electron chi connectivity index (χ0n) is 19.3. The SMILES string of the molecule is NC1(C(=O)O)CCC(c2ccccc2)CC1.O=C1NC(=O)C2(CCC(c3ccccc3)CC2)N1. The van der Waals surface area contributed by atoms with Crippen LogP contribution in [0.25, 0.3) is 0 Å². The van der Waals surface area contributed by atoms with Gasteiger partial charge in [-0.15, -0.1) is 0 Å². The summed E-state index contributed by atoms with van der Waals surface area (Å²) < 4.78 is 0. The number of hydrogen-bond acceptors (Lipinski definition) is 4. The highest BCUT2D eigenvalue weighted by Gasteiger charge is 2.48. The second kappa shape index (κ2) is 9.97. The first-order valence-electron chi connectivity index (χ1n) is 12.1. The number of carbonyl (C=O) groups is 3. The molecule has 3 amide bonds. The van der Waals surface area contributed by atoms with Crippen molar-refractivity contribution >= 4 is 17.9 Å². The third-order valence-electron chi connectivity index (χ3n) is 7.70. The molecule has 34 heavy (non-hydrogen) atoms. The van der Waals surface area contributed by atoms with E-state index < -0.39 is 17.0 Å². The molecule has 1 heterocycles. The predicted octanol–water partition coefficient (Wildman–Crippen LogP) is 4.05. The van der Waals surface area contributed by atoms with E-state index in [0.717, 1.165) is 38.5 Å². The maximum absolute atomic E-state index is 11.8. The summed E-state index contributed by atoms with van der Waals surface area (Å²) in [7, 11) is 0. The minimum absolute atomic E-state index is 0.154. The van der Waals surface area contributed by atoms with Crippen molar-refractivity contribution in [3.05, 3.63) is 71.8 Å². The summed E-state index contributed by atoms with van der Waals surface area (Å²) in [6.45, 7) is 0. The van der Waals surface area contributed by atoms with Gasteiger partial charge in [0.25, 0.3) is 5.91 Å². The number of nitrogens with two attached hydrogens (primary N) is 1. The van der Waals surface area contributed by atoms with Crippen LogP contribution >= 0.6 is 0 Å². The second-order valence-electron chi connectivity index (χ2n) is 9.82. The average Bonchev–Trinajstić information content (AvgIpc) is 3.13. The molecule has 1 saturated heterocycles. The molecule has 0 radical (unpaired) electrons. The first kappa shape index (κ1) is 24.0. The van der Waals surface area contributed by atoms with E-state index in [9.17, 15) is 14.4 Å². The first-order chi connectivity index (χ1) is 16.3. The molecule has 7 nitrogen and oxygen atoms in total. The van der Waals surface area contributed by atoms with E-state index in [4.69, 9.17) is 10.8 Å². The lowest BCUT2D eigenvalue weighted by Gasteiger charge is -2.34. The van der Waals surface area contributed by atoms with Gasteiger partial charge in [0.1, 0.15) is 11.1 Å². The van der Waals surface area contributed by atoms with Crippen LogP contribution < -0.4 is 16.4 Å². The van der Waals surface area contributed by atoms with E-state index in [-0.39, 0.29) is 11.9 Å². The van der Waals surface area contributed by atoms with Crippen molar-refractivity contribution < 1.29 is 19.5 Å². The molecule has 0 atom stereocenters. The van der Waals surface area contributed by atoms with E-state index in [2.05, 4.69) is 34.9 Å². The van der Waals surface area contributed by atoms with Gasteiger partial charge < -0.3 is 16.2 Å². The smallest absolute Gasteiger partial charge is 0.323 e. The molecule has 1 spiro atoms. The van der Waals surface area contributed by atoms with Crippen LogP contribution in [0.15, 0.2) is 60.7 Å². The van der Waals surface area contributed by atoms with Gasteiger partial charge in [0.15, 0.2) is 0 Å². The van der Waals surface area contributed by atoms with Gasteiger partial charge in [0.2, 0.25) is 0 Å². The highest BCUT2D eigenvalue weighted by molar-refractivity contribution is 6.07. The van der Waals surface area contributed by atoms with Crippen LogP contribution in [-0.4, -0.2) is 34.1 Å². The van der Waals surface area contributed by atoms with Gasteiger partial charge in [-0.25, -0.2) is 4.79 Å². The molecule has 5 N–H and O–H groups in total. The second-order valence-corrected chi connectivity index (χ2v) is 9.82. The highest BCUT2D eigenvalue weighted by atomic mass is 16.4. The molecular formula is C27H33N3O4. The molecule has 7 heteroatoms. The first-order valence-corrected chi connectivity index (χ1v) is 12.1. The topological polar surface area (TPSA) is 122 Å². The lowest BCUT2D eigenvalue weighted by Crippen LogP contribution is -2.50. The fraction of sp³-hybridized carbons (Fsp3) is 0.444. The van der Waals surface area contributed by atoms with Crippen LogP contribution in [0.1, 0.15) is 74.3 Å². The summed E-state index contributed by atoms with van der Waals surface area (Å²) >= 11 is 0. The summed E-state index contributed by atoms with van der Waals surface area (Å²) in [4.78, 5) is 34.0. The van der Waals surface area contributed by atoms with Crippen LogP contribution in [0.2, 0.25) is 0 Å². The number of carbonyl (C=O) groups excluding carboxylic acids is 2. The molecule has 0 unspecified atom stereocenters. The average molecular weight is 464 g/mol. The molecule has 3 fully saturated rings. The molecule has 180 valence electrons. The van der Waals surface area contributed by atoms with Gasteiger partial charge in [0, 0.05) is 0 Å². The van der Waals surface area contributed by atoms with E-state index in [1.807, 2.05) is 36.4 Å². The molecule has 2 aliphatic carbocycles. The molecule has 5 rings (SSSR count).